The van der Waals surface area contributed by atoms with E-state index in [-0.39, 0.29) is 4.74 Å². The van der Waals surface area contributed by atoms with Crippen molar-refractivity contribution in [3.05, 3.63) is 14.9 Å². The first-order chi connectivity index (χ1) is 3.84. The van der Waals surface area contributed by atoms with Crippen molar-refractivity contribution in [2.45, 2.75) is 0 Å². The second-order valence-electron chi connectivity index (χ2n) is 1.25. The highest BCUT2D eigenvalue weighted by molar-refractivity contribution is 7.68. The fourth-order valence-electron chi connectivity index (χ4n) is 0.370. The monoisotopic (exact) mass is 147 g/mol. The quantitative estimate of drug-likeness (QED) is 0.605. The molecule has 44 valence electrons. The van der Waals surface area contributed by atoms with Gasteiger partial charge < -0.3 is 5.32 Å². The lowest BCUT2D eigenvalue weighted by Gasteiger charge is -1.84. The van der Waals surface area contributed by atoms with Crippen LogP contribution in [0, 0.1) is 0 Å². The smallest absolute Gasteiger partial charge is 0.266 e. The van der Waals surface area contributed by atoms with Gasteiger partial charge in [-0.1, -0.05) is 10.3 Å². The van der Waals surface area contributed by atoms with E-state index in [2.05, 4.69) is 5.32 Å². The van der Waals surface area contributed by atoms with Gasteiger partial charge in [-0.25, -0.2) is 0 Å². The van der Waals surface area contributed by atoms with Crippen molar-refractivity contribution in [3.8, 4) is 0 Å². The van der Waals surface area contributed by atoms with E-state index in [0.29, 0.717) is 5.69 Å². The Labute approximate surface area is 54.2 Å². The number of nitrogens with one attached hydrogen (secondary N) is 1. The summed E-state index contributed by atoms with van der Waals surface area (Å²) in [7, 11) is 4.46. The van der Waals surface area contributed by atoms with Gasteiger partial charge in [0.05, 0.1) is 0 Å². The Balaban J connectivity index is 3.11. The largest absolute Gasteiger partial charge is 0.384 e. The molecule has 0 spiro atoms. The average molecular weight is 147 g/mol. The lowest BCUT2D eigenvalue weighted by atomic mass is 10.6. The van der Waals surface area contributed by atoms with Crippen molar-refractivity contribution in [1.82, 2.24) is 0 Å². The van der Waals surface area contributed by atoms with Crippen LogP contribution in [0.25, 0.3) is 0 Å². The molecule has 0 atom stereocenters. The summed E-state index contributed by atoms with van der Waals surface area (Å²) < 4.78 is 0.123. The van der Waals surface area contributed by atoms with E-state index in [1.807, 2.05) is 5.38 Å². The maximum absolute atomic E-state index is 10.6. The minimum atomic E-state index is 0.123. The van der Waals surface area contributed by atoms with E-state index < -0.39 is 0 Å². The summed E-state index contributed by atoms with van der Waals surface area (Å²) >= 11 is 0. The van der Waals surface area contributed by atoms with Crippen LogP contribution in [0.15, 0.2) is 10.2 Å². The second kappa shape index (κ2) is 2.28. The van der Waals surface area contributed by atoms with Crippen LogP contribution in [0.1, 0.15) is 0 Å². The van der Waals surface area contributed by atoms with Crippen LogP contribution in [0.4, 0.5) is 5.69 Å². The van der Waals surface area contributed by atoms with Gasteiger partial charge in [0.25, 0.3) is 4.74 Å². The minimum Gasteiger partial charge on any atom is -0.384 e. The molecule has 0 aliphatic carbocycles. The predicted octanol–water partition coefficient (Wildman–Crippen LogP) is 1.21. The molecule has 2 nitrogen and oxygen atoms in total. The Bertz CT molecular complexity index is 214. The Hall–Kier alpha value is -0.350. The Morgan fingerprint density at radius 3 is 2.75 bits per heavy atom. The van der Waals surface area contributed by atoms with E-state index >= 15 is 0 Å². The highest BCUT2D eigenvalue weighted by Crippen LogP contribution is 2.08. The minimum absolute atomic E-state index is 0.123. The molecular formula is C4H5NOS2. The fraction of sp³-hybridized carbons (Fsp3) is 0.250. The standard InChI is InChI=1S/C4H5NOS2/c1-5-3-2-7-8-4(3)6/h2,5H,1H3. The van der Waals surface area contributed by atoms with Crippen LogP contribution < -0.4 is 10.1 Å². The molecule has 1 aromatic heterocycles. The molecule has 0 aliphatic heterocycles. The maximum Gasteiger partial charge on any atom is 0.266 e. The Morgan fingerprint density at radius 2 is 2.50 bits per heavy atom. The zero-order chi connectivity index (χ0) is 5.98. The van der Waals surface area contributed by atoms with Gasteiger partial charge in [-0.05, 0) is 10.3 Å². The van der Waals surface area contributed by atoms with Gasteiger partial charge in [0.1, 0.15) is 5.69 Å². The third-order valence-corrected chi connectivity index (χ3v) is 2.61. The topological polar surface area (TPSA) is 29.1 Å². The van der Waals surface area contributed by atoms with Crippen molar-refractivity contribution in [3.63, 3.8) is 0 Å². The van der Waals surface area contributed by atoms with Gasteiger partial charge in [-0.3, -0.25) is 4.79 Å². The van der Waals surface area contributed by atoms with Crippen LogP contribution in [-0.4, -0.2) is 7.05 Å². The molecule has 0 aliphatic rings. The normalized spacial score (nSPS) is 9.12. The van der Waals surface area contributed by atoms with Crippen LogP contribution in [0.5, 0.6) is 0 Å². The Kier molecular flexibility index (Phi) is 1.65. The molecule has 0 fully saturated rings. The molecule has 0 amide bonds. The molecule has 1 aromatic rings. The molecule has 0 aromatic carbocycles. The number of rotatable bonds is 1. The first-order valence-corrected chi connectivity index (χ1v) is 4.31. The molecule has 0 saturated heterocycles. The molecular weight excluding hydrogens is 142 g/mol. The molecule has 0 unspecified atom stereocenters. The summed E-state index contributed by atoms with van der Waals surface area (Å²) in [6.45, 7) is 0. The SMILES string of the molecule is CNc1cssc1=O. The zero-order valence-electron chi connectivity index (χ0n) is 4.30. The third kappa shape index (κ3) is 0.900. The van der Waals surface area contributed by atoms with Gasteiger partial charge in [0.15, 0.2) is 0 Å². The van der Waals surface area contributed by atoms with Crippen molar-refractivity contribution < 1.29 is 0 Å². The Morgan fingerprint density at radius 1 is 1.75 bits per heavy atom. The van der Waals surface area contributed by atoms with Crippen LogP contribution in [0.3, 0.4) is 0 Å². The summed E-state index contributed by atoms with van der Waals surface area (Å²) in [5.74, 6) is 0. The van der Waals surface area contributed by atoms with Gasteiger partial charge in [0, 0.05) is 12.4 Å². The molecule has 0 saturated carbocycles. The highest BCUT2D eigenvalue weighted by Gasteiger charge is 1.93. The summed E-state index contributed by atoms with van der Waals surface area (Å²) in [5.41, 5.74) is 0.708. The maximum atomic E-state index is 10.6. The lowest BCUT2D eigenvalue weighted by molar-refractivity contribution is 1.54. The van der Waals surface area contributed by atoms with E-state index in [0.717, 1.165) is 0 Å². The first kappa shape index (κ1) is 5.78. The highest BCUT2D eigenvalue weighted by atomic mass is 32.9. The van der Waals surface area contributed by atoms with Gasteiger partial charge in [0.2, 0.25) is 0 Å². The van der Waals surface area contributed by atoms with E-state index in [1.54, 1.807) is 7.05 Å². The summed E-state index contributed by atoms with van der Waals surface area (Å²) in [6, 6.07) is 0. The molecule has 0 radical (unpaired) electrons. The number of hydrogen-bond acceptors (Lipinski definition) is 4. The van der Waals surface area contributed by atoms with Crippen molar-refractivity contribution in [2.24, 2.45) is 0 Å². The van der Waals surface area contributed by atoms with Crippen molar-refractivity contribution in [2.75, 3.05) is 12.4 Å². The second-order valence-corrected chi connectivity index (χ2v) is 3.29. The molecule has 0 bridgehead atoms. The van der Waals surface area contributed by atoms with Crippen LogP contribution >= 0.6 is 20.7 Å². The van der Waals surface area contributed by atoms with E-state index in [1.165, 1.54) is 20.7 Å². The molecule has 4 heteroatoms. The number of hydrogen-bond donors (Lipinski definition) is 1. The summed E-state index contributed by atoms with van der Waals surface area (Å²) in [6.07, 6.45) is 0. The van der Waals surface area contributed by atoms with Gasteiger partial charge in [-0.15, -0.1) is 0 Å². The van der Waals surface area contributed by atoms with Crippen LogP contribution in [-0.2, 0) is 0 Å². The summed E-state index contributed by atoms with van der Waals surface area (Å²) in [4.78, 5) is 10.6. The molecule has 1 heterocycles. The van der Waals surface area contributed by atoms with Gasteiger partial charge >= 0.3 is 0 Å². The fourth-order valence-corrected chi connectivity index (χ4v) is 2.12. The molecule has 8 heavy (non-hydrogen) atoms. The van der Waals surface area contributed by atoms with Crippen LogP contribution in [0.2, 0.25) is 0 Å². The zero-order valence-corrected chi connectivity index (χ0v) is 5.94. The van der Waals surface area contributed by atoms with E-state index in [9.17, 15) is 4.79 Å². The average Bonchev–Trinajstić information content (AvgIpc) is 2.14. The predicted molar refractivity (Wildman–Crippen MR) is 38.0 cm³/mol. The third-order valence-electron chi connectivity index (χ3n) is 0.779. The molecule has 1 rings (SSSR count). The van der Waals surface area contributed by atoms with E-state index in [4.69, 9.17) is 0 Å². The van der Waals surface area contributed by atoms with Crippen molar-refractivity contribution >= 4 is 26.4 Å². The first-order valence-electron chi connectivity index (χ1n) is 2.10. The summed E-state index contributed by atoms with van der Waals surface area (Å²) in [5, 5.41) is 4.60. The van der Waals surface area contributed by atoms with Gasteiger partial charge in [-0.2, -0.15) is 0 Å². The molecule has 1 N–H and O–H groups in total. The number of anilines is 1. The lowest BCUT2D eigenvalue weighted by Crippen LogP contribution is -1.97. The van der Waals surface area contributed by atoms with Crippen molar-refractivity contribution in [1.29, 1.82) is 0 Å².